The first-order chi connectivity index (χ1) is 10.1. The second-order valence-electron chi connectivity index (χ2n) is 5.89. The van der Waals surface area contributed by atoms with Crippen molar-refractivity contribution >= 4 is 5.71 Å². The van der Waals surface area contributed by atoms with E-state index >= 15 is 0 Å². The number of fused-ring (bicyclic) bond motifs is 1. The molecule has 3 rings (SSSR count). The largest absolute Gasteiger partial charge is 0.493 e. The number of nitrogens with zero attached hydrogens (tertiary/aromatic N) is 2. The van der Waals surface area contributed by atoms with E-state index in [2.05, 4.69) is 6.92 Å². The minimum absolute atomic E-state index is 0.323. The van der Waals surface area contributed by atoms with E-state index in [1.165, 1.54) is 5.06 Å². The highest BCUT2D eigenvalue weighted by atomic mass is 16.5. The number of hydrogen-bond donors (Lipinski definition) is 1. The molecule has 1 N–H and O–H groups in total. The lowest BCUT2D eigenvalue weighted by Gasteiger charge is -2.36. The highest BCUT2D eigenvalue weighted by molar-refractivity contribution is 5.95. The van der Waals surface area contributed by atoms with Crippen LogP contribution in [-0.4, -0.2) is 35.7 Å². The Bertz CT molecular complexity index is 573. The lowest BCUT2D eigenvalue weighted by atomic mass is 9.82. The van der Waals surface area contributed by atoms with Crippen LogP contribution in [0.3, 0.4) is 0 Å². The molecule has 1 aliphatic heterocycles. The van der Waals surface area contributed by atoms with Gasteiger partial charge in [-0.05, 0) is 43.9 Å². The molecule has 5 nitrogen and oxygen atoms in total. The number of hydroxylamine groups is 2. The van der Waals surface area contributed by atoms with Crippen LogP contribution in [0.25, 0.3) is 0 Å². The van der Waals surface area contributed by atoms with Crippen molar-refractivity contribution in [1.29, 1.82) is 0 Å². The average molecular weight is 290 g/mol. The molecule has 1 aromatic rings. The second-order valence-corrected chi connectivity index (χ2v) is 5.89. The van der Waals surface area contributed by atoms with Crippen LogP contribution in [0.4, 0.5) is 0 Å². The van der Waals surface area contributed by atoms with E-state index in [0.29, 0.717) is 11.5 Å². The summed E-state index contributed by atoms with van der Waals surface area (Å²) in [6, 6.07) is 5.67. The van der Waals surface area contributed by atoms with Gasteiger partial charge in [0, 0.05) is 5.71 Å². The molecule has 0 bridgehead atoms. The van der Waals surface area contributed by atoms with Crippen molar-refractivity contribution in [3.05, 3.63) is 23.8 Å². The molecule has 1 heterocycles. The van der Waals surface area contributed by atoms with Crippen molar-refractivity contribution in [2.45, 2.75) is 44.3 Å². The Kier molecular flexibility index (Phi) is 3.63. The molecule has 0 aromatic heterocycles. The Hall–Kier alpha value is -1.59. The van der Waals surface area contributed by atoms with Gasteiger partial charge in [-0.3, -0.25) is 4.99 Å². The highest BCUT2D eigenvalue weighted by Gasteiger charge is 2.47. The van der Waals surface area contributed by atoms with Crippen LogP contribution in [-0.2, 0) is 0 Å². The van der Waals surface area contributed by atoms with Crippen LogP contribution in [0.2, 0.25) is 0 Å². The lowest BCUT2D eigenvalue weighted by Crippen LogP contribution is -2.48. The summed E-state index contributed by atoms with van der Waals surface area (Å²) in [5.41, 5.74) is 1.70. The van der Waals surface area contributed by atoms with Gasteiger partial charge in [0.05, 0.1) is 19.8 Å². The fourth-order valence-electron chi connectivity index (χ4n) is 3.33. The van der Waals surface area contributed by atoms with Gasteiger partial charge >= 0.3 is 0 Å². The first-order valence-electron chi connectivity index (χ1n) is 7.37. The molecule has 5 heteroatoms. The summed E-state index contributed by atoms with van der Waals surface area (Å²) in [4.78, 5) is 4.76. The summed E-state index contributed by atoms with van der Waals surface area (Å²) < 4.78 is 10.6. The Morgan fingerprint density at radius 2 is 2.00 bits per heavy atom. The van der Waals surface area contributed by atoms with Crippen molar-refractivity contribution in [3.63, 3.8) is 0 Å². The lowest BCUT2D eigenvalue weighted by molar-refractivity contribution is -0.168. The van der Waals surface area contributed by atoms with Gasteiger partial charge in [0.2, 0.25) is 0 Å². The summed E-state index contributed by atoms with van der Waals surface area (Å²) in [5.74, 6) is 1.34. The van der Waals surface area contributed by atoms with Crippen molar-refractivity contribution in [2.75, 3.05) is 14.2 Å². The van der Waals surface area contributed by atoms with Gasteiger partial charge in [-0.2, -0.15) is 5.06 Å². The zero-order valence-electron chi connectivity index (χ0n) is 12.8. The van der Waals surface area contributed by atoms with Crippen LogP contribution in [0.5, 0.6) is 11.5 Å². The van der Waals surface area contributed by atoms with Gasteiger partial charge in [-0.15, -0.1) is 0 Å². The molecule has 0 spiro atoms. The number of methoxy groups -OCH3 is 2. The quantitative estimate of drug-likeness (QED) is 0.929. The summed E-state index contributed by atoms with van der Waals surface area (Å²) in [5, 5.41) is 12.0. The first kappa shape index (κ1) is 14.4. The van der Waals surface area contributed by atoms with Gasteiger partial charge in [-0.25, -0.2) is 0 Å². The summed E-state index contributed by atoms with van der Waals surface area (Å²) in [6.45, 7) is 2.08. The maximum Gasteiger partial charge on any atom is 0.161 e. The molecule has 2 aliphatic rings. The summed E-state index contributed by atoms with van der Waals surface area (Å²) in [7, 11) is 3.22. The van der Waals surface area contributed by atoms with E-state index in [4.69, 9.17) is 14.5 Å². The molecule has 0 unspecified atom stereocenters. The number of aliphatic imine (C=N–C) groups is 1. The molecule has 1 aromatic carbocycles. The molecule has 21 heavy (non-hydrogen) atoms. The summed E-state index contributed by atoms with van der Waals surface area (Å²) >= 11 is 0. The minimum Gasteiger partial charge on any atom is -0.493 e. The molecule has 1 fully saturated rings. The Morgan fingerprint density at radius 1 is 1.24 bits per heavy atom. The Labute approximate surface area is 125 Å². The van der Waals surface area contributed by atoms with Crippen LogP contribution >= 0.6 is 0 Å². The SMILES string of the molecule is COc1ccc([C@@H]2N=C3CCCC[C@@]3(C)N2O)cc1OC. The predicted molar refractivity (Wildman–Crippen MR) is 80.2 cm³/mol. The van der Waals surface area contributed by atoms with Gasteiger partial charge < -0.3 is 14.7 Å². The van der Waals surface area contributed by atoms with Crippen molar-refractivity contribution in [1.82, 2.24) is 5.06 Å². The van der Waals surface area contributed by atoms with Gasteiger partial charge in [0.25, 0.3) is 0 Å². The third-order valence-electron chi connectivity index (χ3n) is 4.67. The van der Waals surface area contributed by atoms with Crippen LogP contribution in [0, 0.1) is 0 Å². The van der Waals surface area contributed by atoms with Crippen LogP contribution in [0.15, 0.2) is 23.2 Å². The maximum atomic E-state index is 10.6. The Balaban J connectivity index is 1.96. The normalized spacial score (nSPS) is 29.0. The van der Waals surface area contributed by atoms with Crippen LogP contribution in [0.1, 0.15) is 44.3 Å². The maximum absolute atomic E-state index is 10.6. The van der Waals surface area contributed by atoms with Crippen molar-refractivity contribution in [2.24, 2.45) is 4.99 Å². The molecule has 1 saturated carbocycles. The van der Waals surface area contributed by atoms with E-state index in [1.807, 2.05) is 18.2 Å². The molecular weight excluding hydrogens is 268 g/mol. The fourth-order valence-corrected chi connectivity index (χ4v) is 3.33. The third-order valence-corrected chi connectivity index (χ3v) is 4.67. The number of hydrogen-bond acceptors (Lipinski definition) is 5. The Morgan fingerprint density at radius 3 is 2.67 bits per heavy atom. The van der Waals surface area contributed by atoms with E-state index in [9.17, 15) is 5.21 Å². The smallest absolute Gasteiger partial charge is 0.161 e. The van der Waals surface area contributed by atoms with E-state index in [1.54, 1.807) is 14.2 Å². The molecule has 0 radical (unpaired) electrons. The predicted octanol–water partition coefficient (Wildman–Crippen LogP) is 3.18. The van der Waals surface area contributed by atoms with Crippen LogP contribution < -0.4 is 9.47 Å². The highest BCUT2D eigenvalue weighted by Crippen LogP contribution is 2.43. The summed E-state index contributed by atoms with van der Waals surface area (Å²) in [6.07, 6.45) is 3.85. The van der Waals surface area contributed by atoms with E-state index in [0.717, 1.165) is 37.0 Å². The zero-order chi connectivity index (χ0) is 15.0. The third kappa shape index (κ3) is 2.21. The van der Waals surface area contributed by atoms with Crippen molar-refractivity contribution in [3.8, 4) is 11.5 Å². The number of benzene rings is 1. The average Bonchev–Trinajstić information content (AvgIpc) is 2.78. The first-order valence-corrected chi connectivity index (χ1v) is 7.37. The fraction of sp³-hybridized carbons (Fsp3) is 0.562. The van der Waals surface area contributed by atoms with Gasteiger partial charge in [-0.1, -0.05) is 12.5 Å². The molecule has 114 valence electrons. The van der Waals surface area contributed by atoms with Gasteiger partial charge in [0.1, 0.15) is 0 Å². The van der Waals surface area contributed by atoms with Gasteiger partial charge in [0.15, 0.2) is 17.7 Å². The molecule has 0 saturated heterocycles. The molecule has 0 amide bonds. The number of rotatable bonds is 3. The van der Waals surface area contributed by atoms with E-state index < -0.39 is 0 Å². The number of ether oxygens (including phenoxy) is 2. The second kappa shape index (κ2) is 5.31. The molecule has 1 aliphatic carbocycles. The minimum atomic E-state index is -0.358. The monoisotopic (exact) mass is 290 g/mol. The molecule has 2 atom stereocenters. The van der Waals surface area contributed by atoms with Crippen molar-refractivity contribution < 1.29 is 14.7 Å². The zero-order valence-corrected chi connectivity index (χ0v) is 12.8. The topological polar surface area (TPSA) is 54.3 Å². The van der Waals surface area contributed by atoms with E-state index in [-0.39, 0.29) is 11.7 Å². The standard InChI is InChI=1S/C16H22N2O3/c1-16-9-5-4-6-14(16)17-15(18(16)19)11-7-8-12(20-2)13(10-11)21-3/h7-8,10,15,19H,4-6,9H2,1-3H3/t15-,16-/m1/s1. The molecular formula is C16H22N2O3.